The normalized spacial score (nSPS) is 11.1. The first-order chi connectivity index (χ1) is 11.6. The number of hydrogen-bond acceptors (Lipinski definition) is 2. The van der Waals surface area contributed by atoms with E-state index in [0.29, 0.717) is 11.8 Å². The zero-order chi connectivity index (χ0) is 18.8. The Morgan fingerprint density at radius 1 is 0.960 bits per heavy atom. The molecule has 0 saturated carbocycles. The molecule has 4 nitrogen and oxygen atoms in total. The number of alkyl halides is 3. The Morgan fingerprint density at radius 3 is 2.08 bits per heavy atom. The van der Waals surface area contributed by atoms with E-state index in [0.717, 1.165) is 23.3 Å². The zero-order valence-corrected chi connectivity index (χ0v) is 14.0. The smallest absolute Gasteiger partial charge is 0.317 e. The highest BCUT2D eigenvalue weighted by Crippen LogP contribution is 2.33. The molecule has 0 unspecified atom stereocenters. The van der Waals surface area contributed by atoms with Crippen LogP contribution in [0, 0.1) is 13.8 Å². The van der Waals surface area contributed by atoms with Crippen molar-refractivity contribution in [1.29, 1.82) is 0 Å². The van der Waals surface area contributed by atoms with Crippen molar-refractivity contribution in [2.75, 3.05) is 10.6 Å². The van der Waals surface area contributed by atoms with Crippen LogP contribution in [0.5, 0.6) is 0 Å². The average Bonchev–Trinajstić information content (AvgIpc) is 2.51. The van der Waals surface area contributed by atoms with Crippen molar-refractivity contribution < 1.29 is 22.8 Å². The van der Waals surface area contributed by atoms with Gasteiger partial charge in [0.1, 0.15) is 0 Å². The molecule has 132 valence electrons. The lowest BCUT2D eigenvalue weighted by molar-refractivity contribution is -0.137. The summed E-state index contributed by atoms with van der Waals surface area (Å²) in [6, 6.07) is 7.77. The first-order valence-electron chi connectivity index (χ1n) is 7.15. The van der Waals surface area contributed by atoms with Crippen LogP contribution in [-0.4, -0.2) is 11.8 Å². The summed E-state index contributed by atoms with van der Waals surface area (Å²) in [6.07, 6.45) is -4.59. The minimum Gasteiger partial charge on any atom is -0.317 e. The predicted octanol–water partition coefficient (Wildman–Crippen LogP) is 4.55. The molecule has 0 aliphatic carbocycles. The quantitative estimate of drug-likeness (QED) is 0.762. The molecule has 0 atom stereocenters. The average molecular weight is 371 g/mol. The largest absolute Gasteiger partial charge is 0.416 e. The monoisotopic (exact) mass is 370 g/mol. The molecular formula is C17H14ClF3N2O2. The lowest BCUT2D eigenvalue weighted by Gasteiger charge is -2.13. The van der Waals surface area contributed by atoms with Gasteiger partial charge in [0, 0.05) is 5.69 Å². The first kappa shape index (κ1) is 18.8. The van der Waals surface area contributed by atoms with Crippen LogP contribution < -0.4 is 10.6 Å². The maximum atomic E-state index is 12.7. The standard InChI is InChI=1S/C17H14ClF3N2O2/c1-9-4-3-5-10(2)14(9)23-16(25)15(24)22-13-8-11(17(19,20)21)6-7-12(13)18/h3-8H,1-2H3,(H,22,24)(H,23,25). The van der Waals surface area contributed by atoms with E-state index < -0.39 is 23.6 Å². The molecule has 2 aromatic rings. The maximum Gasteiger partial charge on any atom is 0.416 e. The Kier molecular flexibility index (Phi) is 5.37. The van der Waals surface area contributed by atoms with E-state index in [1.165, 1.54) is 0 Å². The van der Waals surface area contributed by atoms with Gasteiger partial charge in [-0.1, -0.05) is 29.8 Å². The molecule has 2 amide bonds. The van der Waals surface area contributed by atoms with Gasteiger partial charge in [0.05, 0.1) is 16.3 Å². The second-order valence-corrected chi connectivity index (χ2v) is 5.77. The molecule has 0 heterocycles. The zero-order valence-electron chi connectivity index (χ0n) is 13.3. The van der Waals surface area contributed by atoms with Gasteiger partial charge in [-0.2, -0.15) is 13.2 Å². The molecule has 0 aliphatic rings. The van der Waals surface area contributed by atoms with Gasteiger partial charge in [0.25, 0.3) is 0 Å². The van der Waals surface area contributed by atoms with E-state index in [1.807, 2.05) is 0 Å². The topological polar surface area (TPSA) is 58.2 Å². The summed E-state index contributed by atoms with van der Waals surface area (Å²) < 4.78 is 38.2. The lowest BCUT2D eigenvalue weighted by Crippen LogP contribution is -2.29. The third-order valence-corrected chi connectivity index (χ3v) is 3.80. The van der Waals surface area contributed by atoms with Crippen molar-refractivity contribution in [3.63, 3.8) is 0 Å². The third-order valence-electron chi connectivity index (χ3n) is 3.47. The first-order valence-corrected chi connectivity index (χ1v) is 7.52. The fraction of sp³-hybridized carbons (Fsp3) is 0.176. The molecule has 25 heavy (non-hydrogen) atoms. The van der Waals surface area contributed by atoms with E-state index in [9.17, 15) is 22.8 Å². The molecule has 8 heteroatoms. The van der Waals surface area contributed by atoms with Crippen molar-refractivity contribution in [2.45, 2.75) is 20.0 Å². The maximum absolute atomic E-state index is 12.7. The number of para-hydroxylation sites is 1. The summed E-state index contributed by atoms with van der Waals surface area (Å²) in [5.74, 6) is -2.13. The molecule has 0 radical (unpaired) electrons. The van der Waals surface area contributed by atoms with Crippen molar-refractivity contribution in [3.05, 3.63) is 58.1 Å². The molecule has 2 rings (SSSR count). The van der Waals surface area contributed by atoms with Gasteiger partial charge in [-0.15, -0.1) is 0 Å². The number of benzene rings is 2. The van der Waals surface area contributed by atoms with Crippen LogP contribution in [0.15, 0.2) is 36.4 Å². The van der Waals surface area contributed by atoms with Gasteiger partial charge < -0.3 is 10.6 Å². The summed E-state index contributed by atoms with van der Waals surface area (Å²) in [6.45, 7) is 3.51. The SMILES string of the molecule is Cc1cccc(C)c1NC(=O)C(=O)Nc1cc(C(F)(F)F)ccc1Cl. The van der Waals surface area contributed by atoms with Crippen LogP contribution in [0.4, 0.5) is 24.5 Å². The molecular weight excluding hydrogens is 357 g/mol. The molecule has 2 N–H and O–H groups in total. The van der Waals surface area contributed by atoms with Gasteiger partial charge in [-0.05, 0) is 43.2 Å². The van der Waals surface area contributed by atoms with Gasteiger partial charge in [0.15, 0.2) is 0 Å². The number of amides is 2. The van der Waals surface area contributed by atoms with Crippen LogP contribution in [0.2, 0.25) is 5.02 Å². The number of aryl methyl sites for hydroxylation is 2. The molecule has 0 bridgehead atoms. The number of carbonyl (C=O) groups excluding carboxylic acids is 2. The summed E-state index contributed by atoms with van der Waals surface area (Å²) in [4.78, 5) is 24.0. The van der Waals surface area contributed by atoms with Crippen LogP contribution in [-0.2, 0) is 15.8 Å². The summed E-state index contributed by atoms with van der Waals surface area (Å²) >= 11 is 5.79. The Morgan fingerprint density at radius 2 is 1.52 bits per heavy atom. The van der Waals surface area contributed by atoms with Crippen molar-refractivity contribution in [1.82, 2.24) is 0 Å². The highest BCUT2D eigenvalue weighted by atomic mass is 35.5. The minimum atomic E-state index is -4.59. The second-order valence-electron chi connectivity index (χ2n) is 5.37. The number of carbonyl (C=O) groups is 2. The number of rotatable bonds is 2. The van der Waals surface area contributed by atoms with E-state index in [4.69, 9.17) is 11.6 Å². The molecule has 0 saturated heterocycles. The van der Waals surface area contributed by atoms with Gasteiger partial charge in [-0.3, -0.25) is 9.59 Å². The molecule has 0 spiro atoms. The fourth-order valence-corrected chi connectivity index (χ4v) is 2.32. The number of hydrogen-bond donors (Lipinski definition) is 2. The van der Waals surface area contributed by atoms with Crippen LogP contribution in [0.1, 0.15) is 16.7 Å². The molecule has 0 fully saturated rings. The minimum absolute atomic E-state index is 0.110. The molecule has 0 aliphatic heterocycles. The van der Waals surface area contributed by atoms with Gasteiger partial charge in [0.2, 0.25) is 0 Å². The van der Waals surface area contributed by atoms with Gasteiger partial charge in [-0.25, -0.2) is 0 Å². The molecule has 2 aromatic carbocycles. The van der Waals surface area contributed by atoms with Crippen LogP contribution >= 0.6 is 11.6 Å². The number of anilines is 2. The lowest BCUT2D eigenvalue weighted by atomic mass is 10.1. The second kappa shape index (κ2) is 7.14. The van der Waals surface area contributed by atoms with E-state index in [1.54, 1.807) is 32.0 Å². The highest BCUT2D eigenvalue weighted by molar-refractivity contribution is 6.45. The Bertz CT molecular complexity index is 815. The van der Waals surface area contributed by atoms with Crippen LogP contribution in [0.25, 0.3) is 0 Å². The summed E-state index contributed by atoms with van der Waals surface area (Å²) in [5.41, 5.74) is 0.690. The van der Waals surface area contributed by atoms with Crippen molar-refractivity contribution >= 4 is 34.8 Å². The predicted molar refractivity (Wildman–Crippen MR) is 89.6 cm³/mol. The van der Waals surface area contributed by atoms with E-state index >= 15 is 0 Å². The molecule has 0 aromatic heterocycles. The fourth-order valence-electron chi connectivity index (χ4n) is 2.16. The van der Waals surface area contributed by atoms with Crippen LogP contribution in [0.3, 0.4) is 0 Å². The van der Waals surface area contributed by atoms with Crippen molar-refractivity contribution in [2.24, 2.45) is 0 Å². The number of halogens is 4. The summed E-state index contributed by atoms with van der Waals surface area (Å²) in [7, 11) is 0. The van der Waals surface area contributed by atoms with E-state index in [-0.39, 0.29) is 10.7 Å². The highest BCUT2D eigenvalue weighted by Gasteiger charge is 2.31. The van der Waals surface area contributed by atoms with Crippen molar-refractivity contribution in [3.8, 4) is 0 Å². The van der Waals surface area contributed by atoms with Gasteiger partial charge >= 0.3 is 18.0 Å². The Balaban J connectivity index is 2.18. The number of nitrogens with one attached hydrogen (secondary N) is 2. The summed E-state index contributed by atoms with van der Waals surface area (Å²) in [5, 5.41) is 4.44. The Labute approximate surface area is 147 Å². The third kappa shape index (κ3) is 4.51. The van der Waals surface area contributed by atoms with E-state index in [2.05, 4.69) is 10.6 Å². The Hall–Kier alpha value is -2.54.